The van der Waals surface area contributed by atoms with Crippen LogP contribution in [0.1, 0.15) is 31.1 Å². The van der Waals surface area contributed by atoms with Gasteiger partial charge in [-0.3, -0.25) is 9.69 Å². The van der Waals surface area contributed by atoms with Gasteiger partial charge in [-0.2, -0.15) is 0 Å². The lowest BCUT2D eigenvalue weighted by atomic mass is 10.1. The summed E-state index contributed by atoms with van der Waals surface area (Å²) in [5, 5.41) is 2.85. The molecule has 0 bridgehead atoms. The Balaban J connectivity index is 2.34. The number of carbonyl (C=O) groups is 2. The molecule has 19 heavy (non-hydrogen) atoms. The number of hydrogen-bond donors (Lipinski definition) is 1. The number of nitrogens with zero attached hydrogens (tertiary/aromatic N) is 1. The maximum Gasteiger partial charge on any atom is 0.322 e. The summed E-state index contributed by atoms with van der Waals surface area (Å²) < 4.78 is 5.51. The molecule has 0 fully saturated rings. The molecule has 1 heterocycles. The third-order valence-electron chi connectivity index (χ3n) is 2.89. The molecular formula is C14H18N2O3. The molecule has 1 aromatic carbocycles. The van der Waals surface area contributed by atoms with Crippen LogP contribution in [-0.4, -0.2) is 31.0 Å². The van der Waals surface area contributed by atoms with Crippen LogP contribution in [0.3, 0.4) is 0 Å². The second-order valence-corrected chi connectivity index (χ2v) is 4.84. The van der Waals surface area contributed by atoms with Crippen LogP contribution in [-0.2, 0) is 0 Å². The first kappa shape index (κ1) is 13.4. The summed E-state index contributed by atoms with van der Waals surface area (Å²) in [4.78, 5) is 25.2. The van der Waals surface area contributed by atoms with E-state index >= 15 is 0 Å². The van der Waals surface area contributed by atoms with Crippen LogP contribution in [0.15, 0.2) is 18.2 Å². The summed E-state index contributed by atoms with van der Waals surface area (Å²) in [5.74, 6) is 0.604. The lowest BCUT2D eigenvalue weighted by Crippen LogP contribution is -2.46. The van der Waals surface area contributed by atoms with Crippen LogP contribution in [0.5, 0.6) is 5.75 Å². The van der Waals surface area contributed by atoms with Gasteiger partial charge in [-0.05, 0) is 39.0 Å². The van der Waals surface area contributed by atoms with Gasteiger partial charge in [0.1, 0.15) is 12.4 Å². The summed E-state index contributed by atoms with van der Waals surface area (Å²) in [7, 11) is 0. The number of hydrogen-bond acceptors (Lipinski definition) is 3. The Morgan fingerprint density at radius 2 is 2.11 bits per heavy atom. The van der Waals surface area contributed by atoms with Gasteiger partial charge in [0.25, 0.3) is 0 Å². The zero-order valence-corrected chi connectivity index (χ0v) is 11.4. The minimum Gasteiger partial charge on any atom is -0.490 e. The minimum absolute atomic E-state index is 0.0300. The fourth-order valence-electron chi connectivity index (χ4n) is 1.97. The maximum absolute atomic E-state index is 12.1. The van der Waals surface area contributed by atoms with Gasteiger partial charge in [-0.15, -0.1) is 0 Å². The average molecular weight is 262 g/mol. The van der Waals surface area contributed by atoms with Gasteiger partial charge in [-0.1, -0.05) is 0 Å². The molecule has 2 amide bonds. The number of benzene rings is 1. The van der Waals surface area contributed by atoms with Crippen molar-refractivity contribution in [2.45, 2.75) is 26.8 Å². The number of rotatable bonds is 2. The molecule has 1 N–H and O–H groups in total. The largest absolute Gasteiger partial charge is 0.490 e. The first-order valence-corrected chi connectivity index (χ1v) is 6.35. The van der Waals surface area contributed by atoms with E-state index in [0.717, 1.165) is 0 Å². The van der Waals surface area contributed by atoms with Gasteiger partial charge >= 0.3 is 6.03 Å². The summed E-state index contributed by atoms with van der Waals surface area (Å²) >= 11 is 0. The van der Waals surface area contributed by atoms with Crippen LogP contribution >= 0.6 is 0 Å². The number of ether oxygens (including phenoxy) is 1. The zero-order valence-electron chi connectivity index (χ0n) is 11.4. The van der Waals surface area contributed by atoms with Crippen LogP contribution in [0, 0.1) is 0 Å². The molecule has 1 aromatic rings. The monoisotopic (exact) mass is 262 g/mol. The Morgan fingerprint density at radius 1 is 1.37 bits per heavy atom. The number of Topliss-reactive ketones (excluding diaryl/α,β-unsaturated/α-hetero) is 1. The number of anilines is 1. The molecule has 5 nitrogen and oxygen atoms in total. The fraction of sp³-hybridized carbons (Fsp3) is 0.429. The van der Waals surface area contributed by atoms with Gasteiger partial charge < -0.3 is 10.1 Å². The number of urea groups is 1. The Hall–Kier alpha value is -2.04. The molecule has 0 radical (unpaired) electrons. The molecule has 102 valence electrons. The van der Waals surface area contributed by atoms with Crippen molar-refractivity contribution in [2.24, 2.45) is 0 Å². The summed E-state index contributed by atoms with van der Waals surface area (Å²) in [6, 6.07) is 5.05. The normalized spacial score (nSPS) is 13.8. The minimum atomic E-state index is -0.166. The Morgan fingerprint density at radius 3 is 2.74 bits per heavy atom. The summed E-state index contributed by atoms with van der Waals surface area (Å²) in [6.45, 7) is 6.26. The molecular weight excluding hydrogens is 244 g/mol. The van der Waals surface area contributed by atoms with E-state index in [1.165, 1.54) is 6.92 Å². The molecule has 1 aliphatic heterocycles. The Bertz CT molecular complexity index is 511. The van der Waals surface area contributed by atoms with Crippen molar-refractivity contribution in [1.29, 1.82) is 0 Å². The highest BCUT2D eigenvalue weighted by atomic mass is 16.5. The highest BCUT2D eigenvalue weighted by Crippen LogP contribution is 2.32. The number of ketones is 1. The van der Waals surface area contributed by atoms with Crippen LogP contribution in [0.2, 0.25) is 0 Å². The molecule has 1 aliphatic rings. The lowest BCUT2D eigenvalue weighted by molar-refractivity contribution is 0.101. The van der Waals surface area contributed by atoms with Gasteiger partial charge in [0.05, 0.1) is 12.2 Å². The average Bonchev–Trinajstić information content (AvgIpc) is 2.36. The Kier molecular flexibility index (Phi) is 3.74. The quantitative estimate of drug-likeness (QED) is 0.831. The number of carbonyl (C=O) groups excluding carboxylic acids is 2. The van der Waals surface area contributed by atoms with Crippen molar-refractivity contribution >= 4 is 17.5 Å². The predicted molar refractivity (Wildman–Crippen MR) is 73.0 cm³/mol. The van der Waals surface area contributed by atoms with Gasteiger partial charge in [0.15, 0.2) is 5.78 Å². The number of fused-ring (bicyclic) bond motifs is 1. The SMILES string of the molecule is CC(=O)c1ccc2c(c1)N(C(=O)NC(C)C)CCO2. The summed E-state index contributed by atoms with van der Waals surface area (Å²) in [5.41, 5.74) is 1.23. The van der Waals surface area contributed by atoms with Crippen molar-refractivity contribution in [1.82, 2.24) is 5.32 Å². The molecule has 0 aromatic heterocycles. The van der Waals surface area contributed by atoms with E-state index < -0.39 is 0 Å². The molecule has 0 atom stereocenters. The maximum atomic E-state index is 12.1. The van der Waals surface area contributed by atoms with Crippen molar-refractivity contribution in [2.75, 3.05) is 18.1 Å². The molecule has 0 saturated heterocycles. The first-order valence-electron chi connectivity index (χ1n) is 6.35. The van der Waals surface area contributed by atoms with E-state index in [1.807, 2.05) is 13.8 Å². The standard InChI is InChI=1S/C14H18N2O3/c1-9(2)15-14(18)16-6-7-19-13-5-4-11(10(3)17)8-12(13)16/h4-5,8-9H,6-7H2,1-3H3,(H,15,18). The van der Waals surface area contributed by atoms with Gasteiger partial charge in [-0.25, -0.2) is 4.79 Å². The number of amides is 2. The molecule has 0 spiro atoms. The predicted octanol–water partition coefficient (Wildman–Crippen LogP) is 2.21. The smallest absolute Gasteiger partial charge is 0.322 e. The van der Waals surface area contributed by atoms with Crippen molar-refractivity contribution in [3.05, 3.63) is 23.8 Å². The first-order chi connectivity index (χ1) is 8.99. The second-order valence-electron chi connectivity index (χ2n) is 4.84. The molecule has 2 rings (SSSR count). The molecule has 0 saturated carbocycles. The van der Waals surface area contributed by atoms with Crippen LogP contribution < -0.4 is 15.0 Å². The molecule has 0 unspecified atom stereocenters. The lowest BCUT2D eigenvalue weighted by Gasteiger charge is -2.30. The summed E-state index contributed by atoms with van der Waals surface area (Å²) in [6.07, 6.45) is 0. The number of nitrogens with one attached hydrogen (secondary N) is 1. The van der Waals surface area contributed by atoms with Gasteiger partial charge in [0.2, 0.25) is 0 Å². The zero-order chi connectivity index (χ0) is 14.0. The third-order valence-corrected chi connectivity index (χ3v) is 2.89. The van der Waals surface area contributed by atoms with Gasteiger partial charge in [0, 0.05) is 11.6 Å². The third kappa shape index (κ3) is 2.86. The van der Waals surface area contributed by atoms with Crippen LogP contribution in [0.25, 0.3) is 0 Å². The fourth-order valence-corrected chi connectivity index (χ4v) is 1.97. The van der Waals surface area contributed by atoms with Crippen molar-refractivity contribution < 1.29 is 14.3 Å². The van der Waals surface area contributed by atoms with E-state index in [1.54, 1.807) is 23.1 Å². The topological polar surface area (TPSA) is 58.6 Å². The van der Waals surface area contributed by atoms with E-state index in [4.69, 9.17) is 4.74 Å². The molecule has 5 heteroatoms. The molecule has 0 aliphatic carbocycles. The van der Waals surface area contributed by atoms with Crippen LogP contribution in [0.4, 0.5) is 10.5 Å². The Labute approximate surface area is 112 Å². The second kappa shape index (κ2) is 5.30. The highest BCUT2D eigenvalue weighted by Gasteiger charge is 2.24. The highest BCUT2D eigenvalue weighted by molar-refractivity contribution is 5.99. The van der Waals surface area contributed by atoms with E-state index in [9.17, 15) is 9.59 Å². The van der Waals surface area contributed by atoms with Crippen molar-refractivity contribution in [3.8, 4) is 5.75 Å². The van der Waals surface area contributed by atoms with E-state index in [0.29, 0.717) is 30.2 Å². The van der Waals surface area contributed by atoms with Crippen molar-refractivity contribution in [3.63, 3.8) is 0 Å². The van der Waals surface area contributed by atoms with E-state index in [-0.39, 0.29) is 17.9 Å². The van der Waals surface area contributed by atoms with E-state index in [2.05, 4.69) is 5.32 Å².